The normalized spacial score (nSPS) is 12.0. The highest BCUT2D eigenvalue weighted by atomic mass is 79.9. The molecule has 2 nitrogen and oxygen atoms in total. The largest absolute Gasteiger partial charge is 0.345 e. The second-order valence-corrected chi connectivity index (χ2v) is 6.31. The number of halogens is 3. The molecule has 0 saturated carbocycles. The standard InChI is InChI=1S/C16H14BrCl2NO/c1-2-15(10-3-6-12(18)7-4-10)20-16(21)11-5-8-13(17)14(19)9-11/h3-9,15H,2H2,1H3,(H,20,21). The van der Waals surface area contributed by atoms with Crippen molar-refractivity contribution in [2.45, 2.75) is 19.4 Å². The lowest BCUT2D eigenvalue weighted by molar-refractivity contribution is 0.0935. The van der Waals surface area contributed by atoms with Crippen LogP contribution in [0.1, 0.15) is 35.3 Å². The summed E-state index contributed by atoms with van der Waals surface area (Å²) in [6.45, 7) is 2.02. The Morgan fingerprint density at radius 1 is 1.19 bits per heavy atom. The fourth-order valence-electron chi connectivity index (χ4n) is 2.00. The van der Waals surface area contributed by atoms with Crippen molar-refractivity contribution in [3.05, 3.63) is 68.1 Å². The molecule has 2 rings (SSSR count). The van der Waals surface area contributed by atoms with Crippen LogP contribution in [0.25, 0.3) is 0 Å². The molecule has 0 bridgehead atoms. The monoisotopic (exact) mass is 385 g/mol. The van der Waals surface area contributed by atoms with Crippen molar-refractivity contribution in [3.63, 3.8) is 0 Å². The van der Waals surface area contributed by atoms with Gasteiger partial charge in [0.2, 0.25) is 0 Å². The predicted octanol–water partition coefficient (Wildman–Crippen LogP) is 5.64. The molecule has 110 valence electrons. The van der Waals surface area contributed by atoms with E-state index in [9.17, 15) is 4.79 Å². The maximum absolute atomic E-state index is 12.3. The number of amides is 1. The van der Waals surface area contributed by atoms with Crippen molar-refractivity contribution in [3.8, 4) is 0 Å². The number of carbonyl (C=O) groups excluding carboxylic acids is 1. The summed E-state index contributed by atoms with van der Waals surface area (Å²) >= 11 is 15.2. The molecule has 21 heavy (non-hydrogen) atoms. The maximum Gasteiger partial charge on any atom is 0.251 e. The molecule has 1 amide bonds. The number of hydrogen-bond donors (Lipinski definition) is 1. The zero-order chi connectivity index (χ0) is 15.4. The van der Waals surface area contributed by atoms with E-state index in [4.69, 9.17) is 23.2 Å². The van der Waals surface area contributed by atoms with Crippen LogP contribution in [0.2, 0.25) is 10.0 Å². The van der Waals surface area contributed by atoms with Crippen LogP contribution < -0.4 is 5.32 Å². The van der Waals surface area contributed by atoms with Crippen molar-refractivity contribution in [2.24, 2.45) is 0 Å². The number of rotatable bonds is 4. The summed E-state index contributed by atoms with van der Waals surface area (Å²) in [6.07, 6.45) is 0.789. The third kappa shape index (κ3) is 4.22. The molecule has 0 saturated heterocycles. The Bertz CT molecular complexity index is 643. The SMILES string of the molecule is CCC(NC(=O)c1ccc(Br)c(Cl)c1)c1ccc(Cl)cc1. The van der Waals surface area contributed by atoms with Crippen molar-refractivity contribution in [1.82, 2.24) is 5.32 Å². The van der Waals surface area contributed by atoms with Crippen LogP contribution in [0.15, 0.2) is 46.9 Å². The van der Waals surface area contributed by atoms with Crippen LogP contribution in [-0.4, -0.2) is 5.91 Å². The molecule has 1 unspecified atom stereocenters. The van der Waals surface area contributed by atoms with Gasteiger partial charge in [0, 0.05) is 15.1 Å². The van der Waals surface area contributed by atoms with E-state index in [1.807, 2.05) is 31.2 Å². The molecule has 0 aliphatic carbocycles. The van der Waals surface area contributed by atoms with Crippen LogP contribution in [0.3, 0.4) is 0 Å². The molecular formula is C16H14BrCl2NO. The molecule has 0 heterocycles. The van der Waals surface area contributed by atoms with Gasteiger partial charge >= 0.3 is 0 Å². The molecule has 2 aromatic carbocycles. The van der Waals surface area contributed by atoms with E-state index in [1.165, 1.54) is 0 Å². The van der Waals surface area contributed by atoms with Crippen LogP contribution in [0.4, 0.5) is 0 Å². The quantitative estimate of drug-likeness (QED) is 0.723. The van der Waals surface area contributed by atoms with E-state index in [0.29, 0.717) is 15.6 Å². The van der Waals surface area contributed by atoms with Gasteiger partial charge in [-0.25, -0.2) is 0 Å². The van der Waals surface area contributed by atoms with Gasteiger partial charge in [-0.2, -0.15) is 0 Å². The first kappa shape index (κ1) is 16.3. The summed E-state index contributed by atoms with van der Waals surface area (Å²) in [7, 11) is 0. The van der Waals surface area contributed by atoms with E-state index < -0.39 is 0 Å². The molecule has 0 aliphatic rings. The molecule has 0 fully saturated rings. The van der Waals surface area contributed by atoms with Crippen LogP contribution in [0, 0.1) is 0 Å². The van der Waals surface area contributed by atoms with E-state index >= 15 is 0 Å². The number of benzene rings is 2. The Labute approximate surface area is 142 Å². The Balaban J connectivity index is 2.15. The van der Waals surface area contributed by atoms with Crippen molar-refractivity contribution in [1.29, 1.82) is 0 Å². The van der Waals surface area contributed by atoms with Crippen molar-refractivity contribution < 1.29 is 4.79 Å². The van der Waals surface area contributed by atoms with Crippen molar-refractivity contribution in [2.75, 3.05) is 0 Å². The van der Waals surface area contributed by atoms with Gasteiger partial charge in [-0.05, 0) is 58.2 Å². The second kappa shape index (κ2) is 7.30. The Morgan fingerprint density at radius 3 is 2.43 bits per heavy atom. The van der Waals surface area contributed by atoms with Crippen LogP contribution in [0.5, 0.6) is 0 Å². The Kier molecular flexibility index (Phi) is 5.68. The zero-order valence-corrected chi connectivity index (χ0v) is 14.5. The average molecular weight is 387 g/mol. The lowest BCUT2D eigenvalue weighted by atomic mass is 10.0. The third-order valence-electron chi connectivity index (χ3n) is 3.17. The highest BCUT2D eigenvalue weighted by Gasteiger charge is 2.14. The van der Waals surface area contributed by atoms with Gasteiger partial charge in [-0.3, -0.25) is 4.79 Å². The predicted molar refractivity (Wildman–Crippen MR) is 91.1 cm³/mol. The molecule has 1 atom stereocenters. The highest BCUT2D eigenvalue weighted by Crippen LogP contribution is 2.24. The van der Waals surface area contributed by atoms with Gasteiger partial charge in [-0.1, -0.05) is 42.3 Å². The van der Waals surface area contributed by atoms with E-state index in [-0.39, 0.29) is 11.9 Å². The van der Waals surface area contributed by atoms with Gasteiger partial charge in [0.15, 0.2) is 0 Å². The summed E-state index contributed by atoms with van der Waals surface area (Å²) in [6, 6.07) is 12.6. The van der Waals surface area contributed by atoms with E-state index in [2.05, 4.69) is 21.2 Å². The fourth-order valence-corrected chi connectivity index (χ4v) is 2.55. The lowest BCUT2D eigenvalue weighted by Gasteiger charge is -2.18. The summed E-state index contributed by atoms with van der Waals surface area (Å²) in [5.74, 6) is -0.147. The molecule has 0 spiro atoms. The average Bonchev–Trinajstić information content (AvgIpc) is 2.48. The van der Waals surface area contributed by atoms with Gasteiger partial charge < -0.3 is 5.32 Å². The van der Waals surface area contributed by atoms with E-state index in [1.54, 1.807) is 18.2 Å². The van der Waals surface area contributed by atoms with Gasteiger partial charge in [-0.15, -0.1) is 0 Å². The zero-order valence-electron chi connectivity index (χ0n) is 11.4. The Hall–Kier alpha value is -1.03. The smallest absolute Gasteiger partial charge is 0.251 e. The minimum atomic E-state index is -0.147. The molecular weight excluding hydrogens is 373 g/mol. The molecule has 2 aromatic rings. The number of nitrogens with one attached hydrogen (secondary N) is 1. The van der Waals surface area contributed by atoms with Gasteiger partial charge in [0.25, 0.3) is 5.91 Å². The summed E-state index contributed by atoms with van der Waals surface area (Å²) in [5, 5.41) is 4.21. The van der Waals surface area contributed by atoms with Gasteiger partial charge in [0.05, 0.1) is 11.1 Å². The first-order valence-electron chi connectivity index (χ1n) is 6.52. The minimum absolute atomic E-state index is 0.0582. The van der Waals surface area contributed by atoms with Gasteiger partial charge in [0.1, 0.15) is 0 Å². The highest BCUT2D eigenvalue weighted by molar-refractivity contribution is 9.10. The van der Waals surface area contributed by atoms with Crippen LogP contribution >= 0.6 is 39.1 Å². The Morgan fingerprint density at radius 2 is 1.86 bits per heavy atom. The summed E-state index contributed by atoms with van der Waals surface area (Å²) < 4.78 is 0.769. The third-order valence-corrected chi connectivity index (χ3v) is 4.65. The summed E-state index contributed by atoms with van der Waals surface area (Å²) in [4.78, 5) is 12.3. The van der Waals surface area contributed by atoms with Crippen molar-refractivity contribution >= 4 is 45.0 Å². The summed E-state index contributed by atoms with van der Waals surface area (Å²) in [5.41, 5.74) is 1.56. The molecule has 0 radical (unpaired) electrons. The van der Waals surface area contributed by atoms with Crippen LogP contribution in [-0.2, 0) is 0 Å². The minimum Gasteiger partial charge on any atom is -0.345 e. The maximum atomic E-state index is 12.3. The molecule has 0 aromatic heterocycles. The number of hydrogen-bond acceptors (Lipinski definition) is 1. The molecule has 5 heteroatoms. The number of carbonyl (C=O) groups is 1. The molecule has 0 aliphatic heterocycles. The van der Waals surface area contributed by atoms with E-state index in [0.717, 1.165) is 16.5 Å². The topological polar surface area (TPSA) is 29.1 Å². The molecule has 1 N–H and O–H groups in total. The fraction of sp³-hybridized carbons (Fsp3) is 0.188. The lowest BCUT2D eigenvalue weighted by Crippen LogP contribution is -2.28. The second-order valence-electron chi connectivity index (χ2n) is 4.61. The first-order chi connectivity index (χ1) is 10.0. The first-order valence-corrected chi connectivity index (χ1v) is 8.07.